The molecule has 0 bridgehead atoms. The highest BCUT2D eigenvalue weighted by Gasteiger charge is 2.49. The first-order chi connectivity index (χ1) is 27.1. The lowest BCUT2D eigenvalue weighted by Gasteiger charge is -2.39. The van der Waals surface area contributed by atoms with Gasteiger partial charge in [-0.3, -0.25) is 33.7 Å². The van der Waals surface area contributed by atoms with Gasteiger partial charge in [0.15, 0.2) is 5.13 Å². The van der Waals surface area contributed by atoms with Gasteiger partial charge in [0.25, 0.3) is 23.6 Å². The zero-order chi connectivity index (χ0) is 43.7. The van der Waals surface area contributed by atoms with Crippen LogP contribution in [0.5, 0.6) is 0 Å². The van der Waals surface area contributed by atoms with E-state index in [0.29, 0.717) is 32.4 Å². The third-order valence-corrected chi connectivity index (χ3v) is 11.7. The van der Waals surface area contributed by atoms with Crippen LogP contribution in [0.2, 0.25) is 0 Å². The number of unbranched alkanes of at least 4 members (excludes halogenated alkanes) is 2. The third-order valence-electron chi connectivity index (χ3n) is 10.6. The van der Waals surface area contributed by atoms with E-state index in [9.17, 15) is 28.8 Å². The quantitative estimate of drug-likeness (QED) is 0.0878. The monoisotopic (exact) mass is 817 g/mol. The highest BCUT2D eigenvalue weighted by Crippen LogP contribution is 2.39. The third kappa shape index (κ3) is 11.4. The van der Waals surface area contributed by atoms with Gasteiger partial charge in [0.2, 0.25) is 11.8 Å². The molecular weight excluding hydrogens is 751 g/mol. The molecule has 0 aliphatic carbocycles. The summed E-state index contributed by atoms with van der Waals surface area (Å²) in [6, 6.07) is 9.64. The molecule has 0 fully saturated rings. The van der Waals surface area contributed by atoms with E-state index < -0.39 is 52.0 Å². The summed E-state index contributed by atoms with van der Waals surface area (Å²) in [4.78, 5) is 93.2. The van der Waals surface area contributed by atoms with Gasteiger partial charge in [0.1, 0.15) is 5.57 Å². The summed E-state index contributed by atoms with van der Waals surface area (Å²) < 4.78 is 0. The number of hydrazine groups is 1. The van der Waals surface area contributed by atoms with E-state index in [2.05, 4.69) is 32.6 Å². The summed E-state index contributed by atoms with van der Waals surface area (Å²) in [7, 11) is 0. The number of carbonyl (C=O) groups excluding carboxylic acids is 6. The van der Waals surface area contributed by atoms with Gasteiger partial charge in [-0.25, -0.2) is 4.98 Å². The molecule has 2 heterocycles. The molecule has 0 saturated carbocycles. The van der Waals surface area contributed by atoms with Gasteiger partial charge in [-0.2, -0.15) is 10.0 Å². The fraction of sp³-hybridized carbons (Fsp3) is 0.587. The van der Waals surface area contributed by atoms with Crippen LogP contribution >= 0.6 is 11.3 Å². The van der Waals surface area contributed by atoms with Crippen LogP contribution in [0, 0.1) is 17.3 Å². The molecule has 12 heteroatoms. The van der Waals surface area contributed by atoms with Crippen LogP contribution in [-0.2, 0) is 28.8 Å². The number of imide groups is 3. The Bertz CT molecular complexity index is 1860. The summed E-state index contributed by atoms with van der Waals surface area (Å²) >= 11 is 1.43. The smallest absolute Gasteiger partial charge is 0.286 e. The predicted octanol–water partition coefficient (Wildman–Crippen LogP) is 9.63. The first-order valence-corrected chi connectivity index (χ1v) is 21.8. The van der Waals surface area contributed by atoms with Crippen molar-refractivity contribution in [2.24, 2.45) is 17.3 Å². The van der Waals surface area contributed by atoms with Crippen molar-refractivity contribution in [3.05, 3.63) is 51.9 Å². The van der Waals surface area contributed by atoms with Crippen molar-refractivity contribution in [1.29, 1.82) is 0 Å². The Morgan fingerprint density at radius 2 is 1.34 bits per heavy atom. The predicted molar refractivity (Wildman–Crippen MR) is 233 cm³/mol. The first kappa shape index (κ1) is 47.9. The molecule has 318 valence electrons. The summed E-state index contributed by atoms with van der Waals surface area (Å²) in [5.41, 5.74) is -1.34. The number of hydrogen-bond donors (Lipinski definition) is 0. The Kier molecular flexibility index (Phi) is 16.9. The van der Waals surface area contributed by atoms with Gasteiger partial charge in [0.05, 0.1) is 10.6 Å². The van der Waals surface area contributed by atoms with Crippen molar-refractivity contribution in [2.45, 2.75) is 147 Å². The Hall–Kier alpha value is -4.45. The lowest BCUT2D eigenvalue weighted by atomic mass is 9.91. The van der Waals surface area contributed by atoms with Gasteiger partial charge in [0, 0.05) is 49.0 Å². The van der Waals surface area contributed by atoms with E-state index in [1.54, 1.807) is 47.6 Å². The van der Waals surface area contributed by atoms with E-state index in [4.69, 9.17) is 4.98 Å². The van der Waals surface area contributed by atoms with Gasteiger partial charge >= 0.3 is 0 Å². The first-order valence-electron chi connectivity index (χ1n) is 21.0. The Balaban J connectivity index is 2.45. The number of anilines is 1. The maximum absolute atomic E-state index is 14.8. The lowest BCUT2D eigenvalue weighted by Crippen LogP contribution is -2.61. The number of amides is 6. The van der Waals surface area contributed by atoms with Gasteiger partial charge in [-0.15, -0.1) is 0 Å². The maximum atomic E-state index is 14.8. The van der Waals surface area contributed by atoms with Crippen LogP contribution in [0.4, 0.5) is 5.13 Å². The van der Waals surface area contributed by atoms with Crippen LogP contribution in [0.1, 0.15) is 146 Å². The number of hydrogen-bond acceptors (Lipinski definition) is 9. The molecule has 2 atom stereocenters. The SMILES string of the molecule is CCCCC(CC)CN(CC(CC)CCCC)c1nc(-c2ccccc2)c(/C=C2\C(=O)N(N(C(C)=O)C(=O)C(C)(C)C)C(=O)C(C(=O)N(C(C)=O)C(C)(C)C)=C2C)s1. The second-order valence-electron chi connectivity index (χ2n) is 17.5. The molecule has 0 saturated heterocycles. The molecule has 0 spiro atoms. The minimum absolute atomic E-state index is 0.0282. The molecule has 6 amide bonds. The van der Waals surface area contributed by atoms with Crippen molar-refractivity contribution >= 4 is 58.0 Å². The van der Waals surface area contributed by atoms with E-state index in [0.717, 1.165) is 87.0 Å². The highest BCUT2D eigenvalue weighted by atomic mass is 32.1. The second kappa shape index (κ2) is 20.5. The summed E-state index contributed by atoms with van der Waals surface area (Å²) in [6.45, 7) is 24.0. The van der Waals surface area contributed by atoms with Gasteiger partial charge in [-0.05, 0) is 64.0 Å². The standard InChI is InChI=1S/C46H67N5O6S/c1-14-18-23-33(16-3)28-48(29-34(17-4)24-19-15-2)44-47-39(35-25-21-20-22-26-35)37(58-44)27-36-30(5)38(41(55)49(31(6)52)46(11,12)13)42(56)51(40(36)54)50(32(7)53)43(57)45(8,9)10/h20-22,25-27,33-34H,14-19,23-24,28-29H2,1-13H3/b36-27-. The molecule has 11 nitrogen and oxygen atoms in total. The van der Waals surface area contributed by atoms with Crippen molar-refractivity contribution in [2.75, 3.05) is 18.0 Å². The van der Waals surface area contributed by atoms with Crippen molar-refractivity contribution in [3.8, 4) is 11.3 Å². The number of aromatic nitrogens is 1. The Morgan fingerprint density at radius 3 is 1.78 bits per heavy atom. The molecular formula is C46H67N5O6S. The summed E-state index contributed by atoms with van der Waals surface area (Å²) in [5.74, 6) is -4.44. The van der Waals surface area contributed by atoms with Crippen LogP contribution in [0.25, 0.3) is 17.3 Å². The number of benzene rings is 1. The largest absolute Gasteiger partial charge is 0.348 e. The lowest BCUT2D eigenvalue weighted by molar-refractivity contribution is -0.180. The minimum Gasteiger partial charge on any atom is -0.348 e. The van der Waals surface area contributed by atoms with Crippen LogP contribution < -0.4 is 4.90 Å². The minimum atomic E-state index is -1.19. The summed E-state index contributed by atoms with van der Waals surface area (Å²) in [5, 5.41) is 1.79. The number of nitrogens with zero attached hydrogens (tertiary/aromatic N) is 5. The highest BCUT2D eigenvalue weighted by molar-refractivity contribution is 7.17. The molecule has 3 rings (SSSR count). The number of rotatable bonds is 17. The second-order valence-corrected chi connectivity index (χ2v) is 18.5. The fourth-order valence-electron chi connectivity index (χ4n) is 7.27. The molecule has 0 N–H and O–H groups in total. The van der Waals surface area contributed by atoms with Crippen molar-refractivity contribution in [3.63, 3.8) is 0 Å². The van der Waals surface area contributed by atoms with E-state index >= 15 is 0 Å². The average molecular weight is 818 g/mol. The molecule has 1 aliphatic rings. The molecule has 1 aromatic carbocycles. The molecule has 58 heavy (non-hydrogen) atoms. The summed E-state index contributed by atoms with van der Waals surface area (Å²) in [6.07, 6.45) is 10.4. The number of carbonyl (C=O) groups is 6. The number of thiazole rings is 1. The van der Waals surface area contributed by atoms with Gasteiger partial charge < -0.3 is 4.90 Å². The Morgan fingerprint density at radius 1 is 0.810 bits per heavy atom. The molecule has 0 radical (unpaired) electrons. The molecule has 2 unspecified atom stereocenters. The maximum Gasteiger partial charge on any atom is 0.286 e. The Labute approximate surface area is 350 Å². The molecule has 1 aliphatic heterocycles. The topological polar surface area (TPSA) is 128 Å². The van der Waals surface area contributed by atoms with E-state index in [1.165, 1.54) is 25.2 Å². The van der Waals surface area contributed by atoms with Crippen LogP contribution in [0.3, 0.4) is 0 Å². The van der Waals surface area contributed by atoms with E-state index in [1.807, 2.05) is 30.3 Å². The molecule has 2 aromatic rings. The van der Waals surface area contributed by atoms with Crippen molar-refractivity contribution < 1.29 is 28.8 Å². The van der Waals surface area contributed by atoms with Crippen LogP contribution in [-0.4, -0.2) is 74.0 Å². The van der Waals surface area contributed by atoms with Crippen LogP contribution in [0.15, 0.2) is 47.1 Å². The normalized spacial score (nSPS) is 15.5. The molecule has 1 aromatic heterocycles. The fourth-order valence-corrected chi connectivity index (χ4v) is 8.32. The van der Waals surface area contributed by atoms with E-state index in [-0.39, 0.29) is 11.1 Å². The van der Waals surface area contributed by atoms with Gasteiger partial charge in [-0.1, -0.05) is 129 Å². The van der Waals surface area contributed by atoms with Crippen molar-refractivity contribution in [1.82, 2.24) is 19.9 Å². The average Bonchev–Trinajstić information content (AvgIpc) is 3.57. The zero-order valence-electron chi connectivity index (χ0n) is 37.3. The zero-order valence-corrected chi connectivity index (χ0v) is 38.1.